The first-order valence-electron chi connectivity index (χ1n) is 8.05. The van der Waals surface area contributed by atoms with Crippen LogP contribution >= 0.6 is 0 Å². The second-order valence-electron chi connectivity index (χ2n) is 6.04. The van der Waals surface area contributed by atoms with Crippen molar-refractivity contribution in [3.63, 3.8) is 0 Å². The van der Waals surface area contributed by atoms with Crippen LogP contribution in [-0.4, -0.2) is 5.11 Å². The van der Waals surface area contributed by atoms with Gasteiger partial charge >= 0.3 is 0 Å². The van der Waals surface area contributed by atoms with Gasteiger partial charge in [-0.05, 0) is 31.2 Å². The molecule has 0 radical (unpaired) electrons. The third-order valence-corrected chi connectivity index (χ3v) is 4.08. The van der Waals surface area contributed by atoms with E-state index in [0.717, 1.165) is 11.1 Å². The molecule has 0 spiro atoms. The van der Waals surface area contributed by atoms with Gasteiger partial charge in [0.1, 0.15) is 29.4 Å². The summed E-state index contributed by atoms with van der Waals surface area (Å²) >= 11 is 0. The van der Waals surface area contributed by atoms with Gasteiger partial charge in [0, 0.05) is 42.0 Å². The topological polar surface area (TPSA) is 75.2 Å². The second-order valence-corrected chi connectivity index (χ2v) is 6.04. The van der Waals surface area contributed by atoms with E-state index in [1.54, 1.807) is 48.5 Å². The minimum Gasteiger partial charge on any atom is -0.629 e. The zero-order chi connectivity index (χ0) is 17.8. The Kier molecular flexibility index (Phi) is 5.11. The lowest BCUT2D eigenvalue weighted by molar-refractivity contribution is -0.791. The molecule has 25 heavy (non-hydrogen) atoms. The molecule has 2 atom stereocenters. The number of aryl methyl sites for hydroxylation is 1. The molecule has 3 N–H and O–H groups in total. The van der Waals surface area contributed by atoms with Crippen molar-refractivity contribution in [2.24, 2.45) is 0 Å². The molecule has 0 aliphatic rings. The zero-order valence-corrected chi connectivity index (χ0v) is 13.9. The molecule has 0 heterocycles. The summed E-state index contributed by atoms with van der Waals surface area (Å²) in [7, 11) is 0. The van der Waals surface area contributed by atoms with E-state index in [0.29, 0.717) is 17.1 Å². The highest BCUT2D eigenvalue weighted by Crippen LogP contribution is 2.12. The lowest BCUT2D eigenvalue weighted by Crippen LogP contribution is -3.00. The van der Waals surface area contributed by atoms with Crippen LogP contribution in [0.2, 0.25) is 0 Å². The van der Waals surface area contributed by atoms with Crippen LogP contribution < -0.4 is 10.1 Å². The number of hydrogen-bond acceptors (Lipinski definition) is 3. The van der Waals surface area contributed by atoms with Crippen molar-refractivity contribution in [2.45, 2.75) is 13.5 Å². The molecule has 0 aromatic heterocycles. The van der Waals surface area contributed by atoms with Gasteiger partial charge in [-0.25, -0.2) is 0 Å². The van der Waals surface area contributed by atoms with Crippen molar-refractivity contribution in [1.82, 2.24) is 0 Å². The number of aromatic hydroxyl groups is 1. The molecular formula is C20H20N2O3. The van der Waals surface area contributed by atoms with E-state index >= 15 is 0 Å². The molecule has 2 unspecified atom stereocenters. The van der Waals surface area contributed by atoms with E-state index in [1.165, 1.54) is 0 Å². The summed E-state index contributed by atoms with van der Waals surface area (Å²) in [6.45, 7) is 2.23. The zero-order valence-electron chi connectivity index (χ0n) is 13.9. The van der Waals surface area contributed by atoms with Crippen LogP contribution in [0.25, 0.3) is 0 Å². The van der Waals surface area contributed by atoms with E-state index in [1.807, 2.05) is 31.2 Å². The first-order valence-corrected chi connectivity index (χ1v) is 8.05. The number of nitrogens with one attached hydrogen (secondary N) is 2. The lowest BCUT2D eigenvalue weighted by Gasteiger charge is -2.24. The Balaban J connectivity index is 1.70. The molecule has 0 bridgehead atoms. The summed E-state index contributed by atoms with van der Waals surface area (Å²) < 4.78 is 0. The molecule has 0 fully saturated rings. The lowest BCUT2D eigenvalue weighted by atomic mass is 10.2. The van der Waals surface area contributed by atoms with E-state index < -0.39 is 0 Å². The minimum atomic E-state index is -0.0578. The van der Waals surface area contributed by atoms with Crippen molar-refractivity contribution in [3.05, 3.63) is 94.3 Å². The number of hydrogen-bond donors (Lipinski definition) is 3. The third kappa shape index (κ3) is 4.23. The van der Waals surface area contributed by atoms with Gasteiger partial charge in [-0.3, -0.25) is 0 Å². The van der Waals surface area contributed by atoms with Crippen molar-refractivity contribution in [3.8, 4) is 5.75 Å². The average Bonchev–Trinajstić information content (AvgIpc) is 2.64. The highest BCUT2D eigenvalue weighted by Gasteiger charge is 2.09. The predicted octanol–water partition coefficient (Wildman–Crippen LogP) is 2.26. The Morgan fingerprint density at radius 1 is 0.720 bits per heavy atom. The van der Waals surface area contributed by atoms with Crippen LogP contribution in [-0.2, 0) is 6.54 Å². The van der Waals surface area contributed by atoms with Crippen LogP contribution in [0, 0.1) is 17.3 Å². The molecule has 3 aromatic rings. The molecule has 3 rings (SSSR count). The van der Waals surface area contributed by atoms with E-state index in [9.17, 15) is 15.5 Å². The number of phenols is 1. The van der Waals surface area contributed by atoms with Gasteiger partial charge in [-0.2, -0.15) is 0 Å². The van der Waals surface area contributed by atoms with Crippen molar-refractivity contribution in [2.75, 3.05) is 0 Å². The SMILES string of the molecule is Cc1ccc([NH+]([O-])c2ccc([NH+]([O-])Cc3ccc(O)cc3)cc2)cc1. The molecule has 0 saturated carbocycles. The number of hydroxylamine groups is 1. The highest BCUT2D eigenvalue weighted by molar-refractivity contribution is 5.43. The summed E-state index contributed by atoms with van der Waals surface area (Å²) in [6, 6.07) is 20.7. The Morgan fingerprint density at radius 3 is 1.76 bits per heavy atom. The summed E-state index contributed by atoms with van der Waals surface area (Å²) in [4.78, 5) is 0. The van der Waals surface area contributed by atoms with Crippen molar-refractivity contribution in [1.29, 1.82) is 0 Å². The Morgan fingerprint density at radius 2 is 1.20 bits per heavy atom. The summed E-state index contributed by atoms with van der Waals surface area (Å²) in [6.07, 6.45) is 0. The van der Waals surface area contributed by atoms with Crippen LogP contribution in [0.5, 0.6) is 5.75 Å². The standard InChI is InChI=1S/C20H20N2O3/c1-15-2-6-18(7-3-15)22(25)19-10-8-17(9-11-19)21(24)14-16-4-12-20(23)13-5-16/h2-13,21-23H,14H2,1H3. The fraction of sp³-hybridized carbons (Fsp3) is 0.100. The number of quaternary nitrogens is 2. The molecule has 0 aliphatic heterocycles. The molecule has 0 saturated heterocycles. The largest absolute Gasteiger partial charge is 0.629 e. The van der Waals surface area contributed by atoms with Crippen molar-refractivity contribution < 1.29 is 15.2 Å². The van der Waals surface area contributed by atoms with Gasteiger partial charge in [-0.15, -0.1) is 0 Å². The smallest absolute Gasteiger partial charge is 0.136 e. The maximum absolute atomic E-state index is 12.5. The number of benzene rings is 3. The van der Waals surface area contributed by atoms with Crippen molar-refractivity contribution >= 4 is 17.1 Å². The van der Waals surface area contributed by atoms with Gasteiger partial charge in [0.2, 0.25) is 0 Å². The average molecular weight is 336 g/mol. The second kappa shape index (κ2) is 7.46. The third-order valence-electron chi connectivity index (χ3n) is 4.08. The van der Waals surface area contributed by atoms with Gasteiger partial charge in [-0.1, -0.05) is 17.7 Å². The van der Waals surface area contributed by atoms with Gasteiger partial charge < -0.3 is 25.6 Å². The first-order chi connectivity index (χ1) is 12.0. The fourth-order valence-electron chi connectivity index (χ4n) is 2.58. The van der Waals surface area contributed by atoms with Crippen LogP contribution in [0.1, 0.15) is 11.1 Å². The van der Waals surface area contributed by atoms with Gasteiger partial charge in [0.15, 0.2) is 0 Å². The van der Waals surface area contributed by atoms with Crippen LogP contribution in [0.3, 0.4) is 0 Å². The number of rotatable bonds is 5. The summed E-state index contributed by atoms with van der Waals surface area (Å²) in [5.41, 5.74) is 3.70. The minimum absolute atomic E-state index is 0.0278. The summed E-state index contributed by atoms with van der Waals surface area (Å²) in [5.74, 6) is 0.176. The molecule has 0 aliphatic carbocycles. The Bertz CT molecular complexity index is 815. The monoisotopic (exact) mass is 336 g/mol. The maximum Gasteiger partial charge on any atom is 0.136 e. The highest BCUT2D eigenvalue weighted by atomic mass is 16.5. The van der Waals surface area contributed by atoms with E-state index in [4.69, 9.17) is 0 Å². The van der Waals surface area contributed by atoms with Crippen LogP contribution in [0.15, 0.2) is 72.8 Å². The van der Waals surface area contributed by atoms with E-state index in [2.05, 4.69) is 0 Å². The maximum atomic E-state index is 12.5. The molecule has 0 amide bonds. The quantitative estimate of drug-likeness (QED) is 0.626. The fourth-order valence-corrected chi connectivity index (χ4v) is 2.58. The van der Waals surface area contributed by atoms with Gasteiger partial charge in [0.25, 0.3) is 0 Å². The Hall–Kier alpha value is -2.70. The normalized spacial score (nSPS) is 13.4. The van der Waals surface area contributed by atoms with E-state index in [-0.39, 0.29) is 22.4 Å². The predicted molar refractivity (Wildman–Crippen MR) is 97.1 cm³/mol. The molecule has 128 valence electrons. The molecule has 3 aromatic carbocycles. The number of phenolic OH excluding ortho intramolecular Hbond substituents is 1. The molecule has 5 heteroatoms. The summed E-state index contributed by atoms with van der Waals surface area (Å²) in [5, 5.41) is 34.0. The molecular weight excluding hydrogens is 316 g/mol. The Labute approximate surface area is 146 Å². The molecule has 5 nitrogen and oxygen atoms in total. The first kappa shape index (κ1) is 17.1. The van der Waals surface area contributed by atoms with Crippen LogP contribution in [0.4, 0.5) is 17.1 Å². The van der Waals surface area contributed by atoms with Gasteiger partial charge in [0.05, 0.1) is 0 Å².